The minimum Gasteiger partial charge on any atom is -0.481 e. The van der Waals surface area contributed by atoms with E-state index in [2.05, 4.69) is 72.8 Å². The lowest BCUT2D eigenvalue weighted by atomic mass is 9.96. The third kappa shape index (κ3) is 21.8. The molecule has 67 heavy (non-hydrogen) atoms. The molecule has 0 spiro atoms. The number of hydrogen-bond donors (Lipinski definition) is 16. The number of aliphatic imine (C=N–C) groups is 1. The molecular formula is C40H72N12O13S2. The maximum absolute atomic E-state index is 13.8. The largest absolute Gasteiger partial charge is 0.481 e. The second-order valence-corrected chi connectivity index (χ2v) is 17.6. The van der Waals surface area contributed by atoms with Gasteiger partial charge in [-0.05, 0) is 36.5 Å². The summed E-state index contributed by atoms with van der Waals surface area (Å²) in [6.45, 7) is 11.8. The number of nitrogens with two attached hydrogens (primary N) is 3. The Balaban J connectivity index is 6.27. The Morgan fingerprint density at radius 1 is 0.537 bits per heavy atom. The van der Waals surface area contributed by atoms with Crippen LogP contribution in [0.1, 0.15) is 81.1 Å². The Hall–Kier alpha value is -5.41. The molecule has 0 aromatic heterocycles. The molecular weight excluding hydrogens is 921 g/mol. The van der Waals surface area contributed by atoms with E-state index in [0.717, 1.165) is 0 Å². The zero-order chi connectivity index (χ0) is 51.9. The van der Waals surface area contributed by atoms with Gasteiger partial charge < -0.3 is 75.1 Å². The molecule has 0 heterocycles. The first-order valence-corrected chi connectivity index (χ1v) is 22.9. The average molecular weight is 993 g/mol. The number of nitrogens with one attached hydrogen (secondary N) is 8. The van der Waals surface area contributed by atoms with E-state index in [-0.39, 0.29) is 36.9 Å². The Labute approximate surface area is 401 Å². The summed E-state index contributed by atoms with van der Waals surface area (Å²) < 4.78 is 0. The molecule has 10 atom stereocenters. The monoisotopic (exact) mass is 992 g/mol. The number of aliphatic carboxylic acids is 2. The number of carboxylic acids is 2. The standard InChI is InChI=1S/C40H72N12O13S2/c1-9-20(8)30(38(63)48-25(16-67)39(64)65)52-37(62)29(19(6)7)50-34(59)24(14-53)47-35(60)27(17(2)3)51-36(61)28(18(4)5)49-33(58)23(13-26(54)55)46-32(57)22(11-10-12-44-40(42)43)45-31(56)21(41)15-66/h17-25,27-30,53,66-67H,9-16,41H2,1-8H3,(H,45,56)(H,46,57)(H,47,60)(H,48,63)(H,49,58)(H,50,59)(H,51,61)(H,52,62)(H,54,55)(H,64,65)(H4,42,43,44)/t20-,21-,22-,23-,24-,25-,27-,28-,29-,30-/m0/s1. The van der Waals surface area contributed by atoms with Crippen molar-refractivity contribution in [2.45, 2.75) is 135 Å². The third-order valence-electron chi connectivity index (χ3n) is 10.3. The molecule has 27 heteroatoms. The predicted octanol–water partition coefficient (Wildman–Crippen LogP) is -4.33. The minimum absolute atomic E-state index is 0.0600. The highest BCUT2D eigenvalue weighted by atomic mass is 32.1. The molecule has 0 rings (SSSR count). The first kappa shape index (κ1) is 61.6. The number of amides is 8. The van der Waals surface area contributed by atoms with Crippen molar-refractivity contribution in [3.05, 3.63) is 0 Å². The van der Waals surface area contributed by atoms with Crippen LogP contribution in [0.2, 0.25) is 0 Å². The minimum atomic E-state index is -1.78. The number of carboxylic acid groups (broad SMARTS) is 2. The molecule has 0 unspecified atom stereocenters. The van der Waals surface area contributed by atoms with Crippen LogP contribution in [0.3, 0.4) is 0 Å². The second kappa shape index (κ2) is 30.8. The molecule has 0 radical (unpaired) electrons. The van der Waals surface area contributed by atoms with Crippen LogP contribution < -0.4 is 59.7 Å². The molecule has 0 bridgehead atoms. The normalized spacial score (nSPS) is 15.7. The first-order chi connectivity index (χ1) is 31.2. The first-order valence-electron chi connectivity index (χ1n) is 21.7. The topological polar surface area (TPSA) is 418 Å². The molecule has 25 nitrogen and oxygen atoms in total. The number of aliphatic hydroxyl groups excluding tert-OH is 1. The highest BCUT2D eigenvalue weighted by molar-refractivity contribution is 7.80. The number of carbonyl (C=O) groups is 10. The van der Waals surface area contributed by atoms with E-state index in [1.54, 1.807) is 41.5 Å². The van der Waals surface area contributed by atoms with E-state index in [1.165, 1.54) is 13.8 Å². The molecule has 0 aromatic carbocycles. The molecule has 0 aromatic rings. The number of aliphatic hydroxyl groups is 1. The number of carbonyl (C=O) groups excluding carboxylic acids is 8. The smallest absolute Gasteiger partial charge is 0.327 e. The fraction of sp³-hybridized carbons (Fsp3) is 0.725. The maximum Gasteiger partial charge on any atom is 0.327 e. The molecule has 0 fully saturated rings. The Bertz CT molecular complexity index is 1750. The van der Waals surface area contributed by atoms with Gasteiger partial charge in [0, 0.05) is 18.1 Å². The van der Waals surface area contributed by atoms with Gasteiger partial charge >= 0.3 is 11.9 Å². The van der Waals surface area contributed by atoms with Crippen molar-refractivity contribution in [1.29, 1.82) is 0 Å². The summed E-state index contributed by atoms with van der Waals surface area (Å²) in [5.41, 5.74) is 16.4. The molecule has 0 saturated carbocycles. The average Bonchev–Trinajstić information content (AvgIpc) is 3.25. The van der Waals surface area contributed by atoms with Gasteiger partial charge in [0.1, 0.15) is 48.3 Å². The van der Waals surface area contributed by atoms with E-state index < -0.39 is 150 Å². The lowest BCUT2D eigenvalue weighted by Gasteiger charge is -2.30. The van der Waals surface area contributed by atoms with Crippen LogP contribution >= 0.6 is 25.3 Å². The summed E-state index contributed by atoms with van der Waals surface area (Å²) in [5, 5.41) is 48.6. The lowest BCUT2D eigenvalue weighted by molar-refractivity contribution is -0.142. The van der Waals surface area contributed by atoms with Crippen molar-refractivity contribution in [1.82, 2.24) is 42.5 Å². The van der Waals surface area contributed by atoms with Gasteiger partial charge in [0.15, 0.2) is 5.96 Å². The highest BCUT2D eigenvalue weighted by Crippen LogP contribution is 2.13. The van der Waals surface area contributed by atoms with Crippen molar-refractivity contribution in [2.75, 3.05) is 24.7 Å². The third-order valence-corrected chi connectivity index (χ3v) is 11.0. The van der Waals surface area contributed by atoms with Crippen LogP contribution in [0, 0.1) is 23.7 Å². The zero-order valence-corrected chi connectivity index (χ0v) is 40.9. The van der Waals surface area contributed by atoms with Crippen LogP contribution in [0.4, 0.5) is 0 Å². The SMILES string of the molecule is CC[C@H](C)[C@H](NC(=O)[C@@H](NC(=O)[C@H](CO)NC(=O)[C@@H](NC(=O)[C@@H](NC(=O)[C@H](CC(=O)O)NC(=O)[C@H](CCCN=C(N)N)NC(=O)[C@@H](N)CS)C(C)C)C(C)C)C(C)C)C(=O)N[C@@H](CS)C(=O)O. The summed E-state index contributed by atoms with van der Waals surface area (Å²) in [6.07, 6.45) is -0.452. The van der Waals surface area contributed by atoms with Gasteiger partial charge in [0.2, 0.25) is 47.3 Å². The van der Waals surface area contributed by atoms with E-state index in [4.69, 9.17) is 17.2 Å². The van der Waals surface area contributed by atoms with Crippen LogP contribution in [0.15, 0.2) is 4.99 Å². The van der Waals surface area contributed by atoms with E-state index in [1.807, 2.05) is 0 Å². The number of thiol groups is 2. The summed E-state index contributed by atoms with van der Waals surface area (Å²) in [5.74, 6) is -13.1. The van der Waals surface area contributed by atoms with Gasteiger partial charge in [-0.25, -0.2) is 4.79 Å². The fourth-order valence-corrected chi connectivity index (χ4v) is 6.41. The molecule has 382 valence electrons. The highest BCUT2D eigenvalue weighted by Gasteiger charge is 2.37. The molecule has 0 aliphatic heterocycles. The van der Waals surface area contributed by atoms with Crippen molar-refractivity contribution >= 4 is 90.4 Å². The summed E-state index contributed by atoms with van der Waals surface area (Å²) in [4.78, 5) is 134. The van der Waals surface area contributed by atoms with Gasteiger partial charge in [-0.15, -0.1) is 0 Å². The van der Waals surface area contributed by atoms with E-state index >= 15 is 0 Å². The van der Waals surface area contributed by atoms with Crippen molar-refractivity contribution in [2.24, 2.45) is 45.9 Å². The van der Waals surface area contributed by atoms with Gasteiger partial charge in [0.25, 0.3) is 0 Å². The molecule has 0 aliphatic rings. The fourth-order valence-electron chi connectivity index (χ4n) is 5.99. The Morgan fingerprint density at radius 2 is 0.925 bits per heavy atom. The molecule has 17 N–H and O–H groups in total. The van der Waals surface area contributed by atoms with E-state index in [9.17, 15) is 63.3 Å². The Morgan fingerprint density at radius 3 is 1.33 bits per heavy atom. The summed E-state index contributed by atoms with van der Waals surface area (Å²) in [6, 6.07) is -12.6. The quantitative estimate of drug-likeness (QED) is 0.0135. The van der Waals surface area contributed by atoms with Gasteiger partial charge in [-0.1, -0.05) is 61.8 Å². The van der Waals surface area contributed by atoms with Crippen molar-refractivity contribution in [3.63, 3.8) is 0 Å². The maximum atomic E-state index is 13.8. The molecule has 0 aliphatic carbocycles. The van der Waals surface area contributed by atoms with Crippen LogP contribution in [-0.4, -0.2) is 160 Å². The van der Waals surface area contributed by atoms with Gasteiger partial charge in [0.05, 0.1) is 19.1 Å². The Kier molecular flexibility index (Phi) is 28.3. The second-order valence-electron chi connectivity index (χ2n) is 16.8. The zero-order valence-electron chi connectivity index (χ0n) is 39.2. The van der Waals surface area contributed by atoms with Crippen molar-refractivity contribution < 1.29 is 63.3 Å². The predicted molar refractivity (Wildman–Crippen MR) is 252 cm³/mol. The van der Waals surface area contributed by atoms with Gasteiger partial charge in [-0.2, -0.15) is 25.3 Å². The number of nitrogens with zero attached hydrogens (tertiary/aromatic N) is 1. The van der Waals surface area contributed by atoms with E-state index in [0.29, 0.717) is 6.42 Å². The van der Waals surface area contributed by atoms with Crippen LogP contribution in [-0.2, 0) is 47.9 Å². The molecule has 8 amide bonds. The van der Waals surface area contributed by atoms with Crippen LogP contribution in [0.5, 0.6) is 0 Å². The summed E-state index contributed by atoms with van der Waals surface area (Å²) in [7, 11) is 0. The number of rotatable bonds is 31. The van der Waals surface area contributed by atoms with Crippen LogP contribution in [0.25, 0.3) is 0 Å². The lowest BCUT2D eigenvalue weighted by Crippen LogP contribution is -2.63. The number of hydrogen-bond acceptors (Lipinski definition) is 15. The van der Waals surface area contributed by atoms with Gasteiger partial charge in [-0.3, -0.25) is 48.1 Å². The number of guanidine groups is 1. The summed E-state index contributed by atoms with van der Waals surface area (Å²) >= 11 is 7.93. The molecule has 0 saturated heterocycles. The van der Waals surface area contributed by atoms with Crippen molar-refractivity contribution in [3.8, 4) is 0 Å².